The molecule has 0 saturated heterocycles. The van der Waals surface area contributed by atoms with Crippen molar-refractivity contribution in [3.63, 3.8) is 0 Å². The van der Waals surface area contributed by atoms with Crippen LogP contribution in [-0.4, -0.2) is 39.8 Å². The van der Waals surface area contributed by atoms with Crippen LogP contribution in [0, 0.1) is 11.3 Å². The lowest BCUT2D eigenvalue weighted by molar-refractivity contribution is 0.0969. The molecule has 166 valence electrons. The highest BCUT2D eigenvalue weighted by molar-refractivity contribution is 7.98. The van der Waals surface area contributed by atoms with Crippen LogP contribution in [0.15, 0.2) is 78.0 Å². The highest BCUT2D eigenvalue weighted by Crippen LogP contribution is 2.29. The Hall–Kier alpha value is -4.22. The molecule has 0 bridgehead atoms. The lowest BCUT2D eigenvalue weighted by Crippen LogP contribution is -2.14. The SMILES string of the molecule is CN(C)c1ccc(C(=O)n2c3ccccc3c3nnc(SCc4ccccc4C#N)nc32)cc1. The van der Waals surface area contributed by atoms with Gasteiger partial charge in [0.2, 0.25) is 5.16 Å². The normalized spacial score (nSPS) is 11.0. The van der Waals surface area contributed by atoms with E-state index in [0.29, 0.717) is 33.2 Å². The standard InChI is InChI=1S/C26H20N6OS/c1-31(2)20-13-11-17(12-14-20)25(33)32-22-10-6-5-9-21(22)23-24(32)28-26(30-29-23)34-16-19-8-4-3-7-18(19)15-27/h3-14H,16H2,1-2H3. The molecular formula is C26H20N6OS. The molecule has 0 aliphatic rings. The third-order valence-corrected chi connectivity index (χ3v) is 6.48. The average molecular weight is 465 g/mol. The summed E-state index contributed by atoms with van der Waals surface area (Å²) in [6, 6.07) is 24.7. The van der Waals surface area contributed by atoms with Gasteiger partial charge in [-0.15, -0.1) is 10.2 Å². The van der Waals surface area contributed by atoms with Crippen molar-refractivity contribution in [3.05, 3.63) is 89.5 Å². The minimum Gasteiger partial charge on any atom is -0.378 e. The number of hydrogen-bond acceptors (Lipinski definition) is 7. The molecule has 0 amide bonds. The molecule has 5 rings (SSSR count). The zero-order chi connectivity index (χ0) is 23.7. The van der Waals surface area contributed by atoms with Crippen molar-refractivity contribution in [3.8, 4) is 6.07 Å². The Labute approximate surface area is 200 Å². The number of anilines is 1. The van der Waals surface area contributed by atoms with E-state index in [4.69, 9.17) is 4.98 Å². The van der Waals surface area contributed by atoms with Crippen LogP contribution in [0.2, 0.25) is 0 Å². The molecule has 8 heteroatoms. The van der Waals surface area contributed by atoms with Gasteiger partial charge in [0, 0.05) is 36.5 Å². The van der Waals surface area contributed by atoms with Gasteiger partial charge in [0.25, 0.3) is 5.91 Å². The number of benzene rings is 3. The van der Waals surface area contributed by atoms with Crippen molar-refractivity contribution >= 4 is 45.4 Å². The lowest BCUT2D eigenvalue weighted by atomic mass is 10.1. The topological polar surface area (TPSA) is 87.7 Å². The molecule has 7 nitrogen and oxygen atoms in total. The Morgan fingerprint density at radius 1 is 1.00 bits per heavy atom. The first-order chi connectivity index (χ1) is 16.6. The number of carbonyl (C=O) groups is 1. The molecule has 0 aliphatic heterocycles. The molecule has 0 N–H and O–H groups in total. The Morgan fingerprint density at radius 3 is 2.50 bits per heavy atom. The number of fused-ring (bicyclic) bond motifs is 3. The van der Waals surface area contributed by atoms with Crippen LogP contribution in [0.3, 0.4) is 0 Å². The molecule has 0 atom stereocenters. The summed E-state index contributed by atoms with van der Waals surface area (Å²) in [7, 11) is 3.92. The quantitative estimate of drug-likeness (QED) is 0.342. The van der Waals surface area contributed by atoms with Crippen molar-refractivity contribution in [1.82, 2.24) is 19.7 Å². The molecule has 0 spiro atoms. The Kier molecular flexibility index (Phi) is 5.70. The number of carbonyl (C=O) groups excluding carboxylic acids is 1. The van der Waals surface area contributed by atoms with Gasteiger partial charge in [-0.25, -0.2) is 4.98 Å². The van der Waals surface area contributed by atoms with E-state index in [1.165, 1.54) is 11.8 Å². The van der Waals surface area contributed by atoms with Crippen LogP contribution < -0.4 is 4.90 Å². The smallest absolute Gasteiger partial charge is 0.264 e. The number of thioether (sulfide) groups is 1. The van der Waals surface area contributed by atoms with Gasteiger partial charge in [0.05, 0.1) is 17.1 Å². The van der Waals surface area contributed by atoms with E-state index in [9.17, 15) is 10.1 Å². The summed E-state index contributed by atoms with van der Waals surface area (Å²) in [5.74, 6) is 0.347. The number of nitriles is 1. The van der Waals surface area contributed by atoms with E-state index in [-0.39, 0.29) is 5.91 Å². The maximum absolute atomic E-state index is 13.6. The van der Waals surface area contributed by atoms with Crippen molar-refractivity contribution in [2.24, 2.45) is 0 Å². The second kappa shape index (κ2) is 8.96. The van der Waals surface area contributed by atoms with Gasteiger partial charge in [-0.3, -0.25) is 9.36 Å². The van der Waals surface area contributed by atoms with Gasteiger partial charge in [-0.2, -0.15) is 5.26 Å². The van der Waals surface area contributed by atoms with Crippen LogP contribution in [0.4, 0.5) is 5.69 Å². The minimum atomic E-state index is -0.178. The second-order valence-electron chi connectivity index (χ2n) is 7.92. The van der Waals surface area contributed by atoms with E-state index in [0.717, 1.165) is 22.2 Å². The number of hydrogen-bond donors (Lipinski definition) is 0. The van der Waals surface area contributed by atoms with Crippen LogP contribution in [0.25, 0.3) is 22.1 Å². The van der Waals surface area contributed by atoms with Crippen LogP contribution in [0.5, 0.6) is 0 Å². The molecule has 0 fully saturated rings. The van der Waals surface area contributed by atoms with E-state index >= 15 is 0 Å². The Bertz CT molecular complexity index is 1570. The monoisotopic (exact) mass is 464 g/mol. The molecule has 2 aromatic heterocycles. The molecule has 3 aromatic carbocycles. The van der Waals surface area contributed by atoms with Gasteiger partial charge in [0.15, 0.2) is 5.65 Å². The summed E-state index contributed by atoms with van der Waals surface area (Å²) in [6.07, 6.45) is 0. The summed E-state index contributed by atoms with van der Waals surface area (Å²) >= 11 is 1.38. The average Bonchev–Trinajstić information content (AvgIpc) is 3.21. The molecule has 0 unspecified atom stereocenters. The number of rotatable bonds is 5. The molecule has 5 aromatic rings. The van der Waals surface area contributed by atoms with Crippen molar-refractivity contribution < 1.29 is 4.79 Å². The first kappa shape index (κ1) is 21.6. The molecule has 0 aliphatic carbocycles. The summed E-state index contributed by atoms with van der Waals surface area (Å²) < 4.78 is 1.61. The van der Waals surface area contributed by atoms with Gasteiger partial charge >= 0.3 is 0 Å². The van der Waals surface area contributed by atoms with Crippen LogP contribution in [-0.2, 0) is 5.75 Å². The highest BCUT2D eigenvalue weighted by Gasteiger charge is 2.21. The van der Waals surface area contributed by atoms with Crippen molar-refractivity contribution in [2.75, 3.05) is 19.0 Å². The molecule has 2 heterocycles. The molecule has 0 saturated carbocycles. The fraction of sp³-hybridized carbons (Fsp3) is 0.115. The molecule has 34 heavy (non-hydrogen) atoms. The Balaban J connectivity index is 1.57. The highest BCUT2D eigenvalue weighted by atomic mass is 32.2. The maximum atomic E-state index is 13.6. The van der Waals surface area contributed by atoms with E-state index < -0.39 is 0 Å². The van der Waals surface area contributed by atoms with Gasteiger partial charge in [-0.1, -0.05) is 48.2 Å². The molecule has 0 radical (unpaired) electrons. The lowest BCUT2D eigenvalue weighted by Gasteiger charge is -2.13. The zero-order valence-electron chi connectivity index (χ0n) is 18.6. The van der Waals surface area contributed by atoms with Gasteiger partial charge < -0.3 is 4.90 Å². The fourth-order valence-electron chi connectivity index (χ4n) is 3.81. The summed E-state index contributed by atoms with van der Waals surface area (Å²) in [6.45, 7) is 0. The van der Waals surface area contributed by atoms with Gasteiger partial charge in [0.1, 0.15) is 5.52 Å². The number of para-hydroxylation sites is 1. The predicted molar refractivity (Wildman–Crippen MR) is 134 cm³/mol. The second-order valence-corrected chi connectivity index (χ2v) is 8.87. The summed E-state index contributed by atoms with van der Waals surface area (Å²) in [5.41, 5.74) is 4.87. The Morgan fingerprint density at radius 2 is 1.74 bits per heavy atom. The number of nitrogens with zero attached hydrogens (tertiary/aromatic N) is 6. The first-order valence-electron chi connectivity index (χ1n) is 10.6. The summed E-state index contributed by atoms with van der Waals surface area (Å²) in [5, 5.41) is 19.3. The van der Waals surface area contributed by atoms with E-state index in [1.54, 1.807) is 10.6 Å². The molecular weight excluding hydrogens is 444 g/mol. The minimum absolute atomic E-state index is 0.178. The predicted octanol–water partition coefficient (Wildman–Crippen LogP) is 4.90. The van der Waals surface area contributed by atoms with Crippen LogP contribution in [0.1, 0.15) is 21.5 Å². The van der Waals surface area contributed by atoms with Gasteiger partial charge in [-0.05, 0) is 42.0 Å². The maximum Gasteiger partial charge on any atom is 0.264 e. The third-order valence-electron chi connectivity index (χ3n) is 5.59. The van der Waals surface area contributed by atoms with E-state index in [2.05, 4.69) is 16.3 Å². The third kappa shape index (κ3) is 3.87. The number of aromatic nitrogens is 4. The van der Waals surface area contributed by atoms with Crippen LogP contribution >= 0.6 is 11.8 Å². The zero-order valence-corrected chi connectivity index (χ0v) is 19.5. The summed E-state index contributed by atoms with van der Waals surface area (Å²) in [4.78, 5) is 20.3. The first-order valence-corrected chi connectivity index (χ1v) is 11.6. The van der Waals surface area contributed by atoms with Crippen molar-refractivity contribution in [2.45, 2.75) is 10.9 Å². The fourth-order valence-corrected chi connectivity index (χ4v) is 4.60. The van der Waals surface area contributed by atoms with Crippen molar-refractivity contribution in [1.29, 1.82) is 5.26 Å². The van der Waals surface area contributed by atoms with E-state index in [1.807, 2.05) is 85.7 Å². The largest absolute Gasteiger partial charge is 0.378 e.